The largest absolute Gasteiger partial charge is 0.368 e. The number of anilines is 2. The summed E-state index contributed by atoms with van der Waals surface area (Å²) in [6.07, 6.45) is 3.91. The van der Waals surface area contributed by atoms with Gasteiger partial charge in [-0.15, -0.1) is 0 Å². The Morgan fingerprint density at radius 1 is 1.23 bits per heavy atom. The highest BCUT2D eigenvalue weighted by molar-refractivity contribution is 5.90. The van der Waals surface area contributed by atoms with Crippen LogP contribution in [0.3, 0.4) is 0 Å². The number of aromatic nitrogens is 2. The summed E-state index contributed by atoms with van der Waals surface area (Å²) in [5.41, 5.74) is 7.26. The molecule has 0 radical (unpaired) electrons. The summed E-state index contributed by atoms with van der Waals surface area (Å²) in [5.74, 6) is -0.842. The van der Waals surface area contributed by atoms with Crippen molar-refractivity contribution in [2.45, 2.75) is 37.8 Å². The molecular weight excluding hydrogens is 402 g/mol. The maximum absolute atomic E-state index is 12.5. The van der Waals surface area contributed by atoms with E-state index in [2.05, 4.69) is 32.7 Å². The number of primary amides is 1. The van der Waals surface area contributed by atoms with Crippen molar-refractivity contribution < 1.29 is 14.5 Å². The van der Waals surface area contributed by atoms with E-state index in [0.717, 1.165) is 12.8 Å². The van der Waals surface area contributed by atoms with Gasteiger partial charge in [-0.1, -0.05) is 24.3 Å². The first-order chi connectivity index (χ1) is 14.9. The number of carbonyl (C=O) groups excluding carboxylic acids is 2. The van der Waals surface area contributed by atoms with Gasteiger partial charge in [-0.3, -0.25) is 19.7 Å². The van der Waals surface area contributed by atoms with Crippen LogP contribution in [-0.2, 0) is 22.4 Å². The zero-order chi connectivity index (χ0) is 22.0. The molecule has 1 aromatic carbocycles. The average molecular weight is 425 g/mol. The van der Waals surface area contributed by atoms with Gasteiger partial charge in [0.2, 0.25) is 23.5 Å². The van der Waals surface area contributed by atoms with Crippen LogP contribution in [0.25, 0.3) is 0 Å². The smallest absolute Gasteiger partial charge is 0.353 e. The van der Waals surface area contributed by atoms with Crippen LogP contribution >= 0.6 is 0 Å². The Morgan fingerprint density at radius 3 is 2.58 bits per heavy atom. The van der Waals surface area contributed by atoms with Gasteiger partial charge in [-0.25, -0.2) is 9.97 Å². The van der Waals surface area contributed by atoms with Gasteiger partial charge in [0, 0.05) is 12.6 Å². The normalized spacial score (nSPS) is 17.9. The summed E-state index contributed by atoms with van der Waals surface area (Å²) in [4.78, 5) is 44.8. The SMILES string of the molecule is NC(=O)CNC(=O)C1CCCN1c1ncnc(NC2Cc3ccccc3C2)c1[N+](=O)[O-]. The Balaban J connectivity index is 1.58. The molecule has 0 spiro atoms. The Hall–Kier alpha value is -3.76. The summed E-state index contributed by atoms with van der Waals surface area (Å²) in [6, 6.07) is 7.36. The van der Waals surface area contributed by atoms with E-state index in [-0.39, 0.29) is 29.9 Å². The minimum Gasteiger partial charge on any atom is -0.368 e. The van der Waals surface area contributed by atoms with Crippen molar-refractivity contribution in [3.63, 3.8) is 0 Å². The number of nitrogens with zero attached hydrogens (tertiary/aromatic N) is 4. The first kappa shape index (κ1) is 20.5. The van der Waals surface area contributed by atoms with Gasteiger partial charge in [0.1, 0.15) is 12.4 Å². The number of fused-ring (bicyclic) bond motifs is 1. The molecule has 1 unspecified atom stereocenters. The van der Waals surface area contributed by atoms with E-state index in [0.29, 0.717) is 19.4 Å². The zero-order valence-electron chi connectivity index (χ0n) is 16.8. The van der Waals surface area contributed by atoms with E-state index in [1.54, 1.807) is 4.90 Å². The van der Waals surface area contributed by atoms with Crippen LogP contribution in [-0.4, -0.2) is 51.9 Å². The van der Waals surface area contributed by atoms with Crippen LogP contribution < -0.4 is 21.3 Å². The molecule has 2 amide bonds. The highest BCUT2D eigenvalue weighted by Crippen LogP contribution is 2.37. The van der Waals surface area contributed by atoms with Crippen molar-refractivity contribution in [1.29, 1.82) is 0 Å². The highest BCUT2D eigenvalue weighted by atomic mass is 16.6. The Labute approximate surface area is 178 Å². The zero-order valence-corrected chi connectivity index (χ0v) is 16.8. The van der Waals surface area contributed by atoms with Gasteiger partial charge in [-0.2, -0.15) is 0 Å². The van der Waals surface area contributed by atoms with E-state index in [4.69, 9.17) is 5.73 Å². The van der Waals surface area contributed by atoms with E-state index >= 15 is 0 Å². The second-order valence-corrected chi connectivity index (χ2v) is 7.71. The Kier molecular flexibility index (Phi) is 5.65. The fourth-order valence-corrected chi connectivity index (χ4v) is 4.29. The number of nitro groups is 1. The molecule has 0 bridgehead atoms. The van der Waals surface area contributed by atoms with Crippen molar-refractivity contribution in [1.82, 2.24) is 15.3 Å². The molecule has 11 nitrogen and oxygen atoms in total. The van der Waals surface area contributed by atoms with Crippen LogP contribution in [0.2, 0.25) is 0 Å². The molecule has 1 saturated heterocycles. The van der Waals surface area contributed by atoms with Gasteiger partial charge >= 0.3 is 5.69 Å². The molecule has 1 aliphatic heterocycles. The van der Waals surface area contributed by atoms with Crippen LogP contribution in [0.1, 0.15) is 24.0 Å². The number of amides is 2. The predicted octanol–water partition coefficient (Wildman–Crippen LogP) is 0.534. The first-order valence-electron chi connectivity index (χ1n) is 10.1. The van der Waals surface area contributed by atoms with Crippen molar-refractivity contribution in [3.8, 4) is 0 Å². The van der Waals surface area contributed by atoms with E-state index in [1.165, 1.54) is 17.5 Å². The molecule has 2 aliphatic rings. The molecule has 4 N–H and O–H groups in total. The van der Waals surface area contributed by atoms with E-state index < -0.39 is 22.8 Å². The lowest BCUT2D eigenvalue weighted by Gasteiger charge is -2.25. The standard InChI is InChI=1S/C20H23N7O4/c21-16(28)10-22-20(29)15-6-3-7-26(15)19-17(27(30)31)18(23-11-24-19)25-14-8-12-4-1-2-5-13(12)9-14/h1-2,4-5,11,14-15H,3,6-10H2,(H2,21,28)(H,22,29)(H,23,24,25). The average Bonchev–Trinajstić information content (AvgIpc) is 3.38. The summed E-state index contributed by atoms with van der Waals surface area (Å²) >= 11 is 0. The maximum Gasteiger partial charge on any atom is 0.353 e. The number of hydrogen-bond donors (Lipinski definition) is 3. The monoisotopic (exact) mass is 425 g/mol. The fraction of sp³-hybridized carbons (Fsp3) is 0.400. The highest BCUT2D eigenvalue weighted by Gasteiger charge is 2.38. The van der Waals surface area contributed by atoms with Crippen molar-refractivity contribution >= 4 is 29.1 Å². The third-order valence-electron chi connectivity index (χ3n) is 5.64. The molecule has 1 atom stereocenters. The van der Waals surface area contributed by atoms with Gasteiger partial charge in [-0.05, 0) is 36.8 Å². The number of nitrogens with two attached hydrogens (primary N) is 1. The lowest BCUT2D eigenvalue weighted by Crippen LogP contribution is -2.46. The molecule has 2 heterocycles. The predicted molar refractivity (Wildman–Crippen MR) is 113 cm³/mol. The third-order valence-corrected chi connectivity index (χ3v) is 5.64. The molecule has 1 aromatic heterocycles. The summed E-state index contributed by atoms with van der Waals surface area (Å²) in [7, 11) is 0. The number of carbonyl (C=O) groups is 2. The lowest BCUT2D eigenvalue weighted by atomic mass is 10.1. The fourth-order valence-electron chi connectivity index (χ4n) is 4.29. The van der Waals surface area contributed by atoms with Crippen LogP contribution in [0.15, 0.2) is 30.6 Å². The maximum atomic E-state index is 12.5. The van der Waals surface area contributed by atoms with Gasteiger partial charge in [0.25, 0.3) is 0 Å². The topological polar surface area (TPSA) is 156 Å². The van der Waals surface area contributed by atoms with Gasteiger partial charge < -0.3 is 21.3 Å². The summed E-state index contributed by atoms with van der Waals surface area (Å²) in [5, 5.41) is 17.7. The molecule has 1 fully saturated rings. The summed E-state index contributed by atoms with van der Waals surface area (Å²) in [6.45, 7) is 0.144. The van der Waals surface area contributed by atoms with Gasteiger partial charge in [0.05, 0.1) is 11.5 Å². The Bertz CT molecular complexity index is 1000. The molecule has 4 rings (SSSR count). The van der Waals surface area contributed by atoms with Crippen molar-refractivity contribution in [3.05, 3.63) is 51.8 Å². The van der Waals surface area contributed by atoms with Crippen molar-refractivity contribution in [2.75, 3.05) is 23.3 Å². The first-order valence-corrected chi connectivity index (χ1v) is 10.1. The number of hydrogen-bond acceptors (Lipinski definition) is 8. The summed E-state index contributed by atoms with van der Waals surface area (Å²) < 4.78 is 0. The number of benzene rings is 1. The van der Waals surface area contributed by atoms with Crippen LogP contribution in [0.5, 0.6) is 0 Å². The second kappa shape index (κ2) is 8.54. The van der Waals surface area contributed by atoms with E-state index in [9.17, 15) is 19.7 Å². The molecule has 162 valence electrons. The number of rotatable bonds is 7. The minimum absolute atomic E-state index is 0.0212. The van der Waals surface area contributed by atoms with Gasteiger partial charge in [0.15, 0.2) is 0 Å². The second-order valence-electron chi connectivity index (χ2n) is 7.71. The van der Waals surface area contributed by atoms with E-state index in [1.807, 2.05) is 12.1 Å². The van der Waals surface area contributed by atoms with Crippen molar-refractivity contribution in [2.24, 2.45) is 5.73 Å². The molecule has 2 aromatic rings. The molecule has 0 saturated carbocycles. The van der Waals surface area contributed by atoms with Crippen LogP contribution in [0, 0.1) is 10.1 Å². The minimum atomic E-state index is -0.670. The lowest BCUT2D eigenvalue weighted by molar-refractivity contribution is -0.383. The molecule has 1 aliphatic carbocycles. The Morgan fingerprint density at radius 2 is 1.94 bits per heavy atom. The molecule has 11 heteroatoms. The third kappa shape index (κ3) is 4.25. The van der Waals surface area contributed by atoms with Crippen LogP contribution in [0.4, 0.5) is 17.3 Å². The quantitative estimate of drug-likeness (QED) is 0.428. The molecule has 31 heavy (non-hydrogen) atoms. The number of nitrogens with one attached hydrogen (secondary N) is 2. The molecular formula is C20H23N7O4.